The average Bonchev–Trinajstić information content (AvgIpc) is 2.71. The average molecular weight is 493 g/mol. The van der Waals surface area contributed by atoms with Crippen molar-refractivity contribution in [1.82, 2.24) is 10.0 Å². The Labute approximate surface area is 190 Å². The Morgan fingerprint density at radius 3 is 2.57 bits per heavy atom. The van der Waals surface area contributed by atoms with E-state index in [1.807, 2.05) is 12.3 Å². The van der Waals surface area contributed by atoms with Crippen LogP contribution in [-0.4, -0.2) is 38.9 Å². The quantitative estimate of drug-likeness (QED) is 0.459. The van der Waals surface area contributed by atoms with Crippen molar-refractivity contribution in [3.8, 4) is 0 Å². The molecule has 0 aliphatic carbocycles. The molecule has 0 saturated carbocycles. The molecule has 2 rings (SSSR count). The fourth-order valence-electron chi connectivity index (χ4n) is 2.72. The highest BCUT2D eigenvalue weighted by atomic mass is 35.5. The Hall–Kier alpha value is -1.32. The van der Waals surface area contributed by atoms with Gasteiger partial charge in [0.1, 0.15) is 16.8 Å². The Bertz CT molecular complexity index is 974. The number of nitrogens with one attached hydrogen (secondary N) is 2. The second-order valence-corrected chi connectivity index (χ2v) is 10.0. The first-order valence-corrected chi connectivity index (χ1v) is 12.9. The summed E-state index contributed by atoms with van der Waals surface area (Å²) < 4.78 is 41.3. The number of hydrogen-bond donors (Lipinski definition) is 2. The zero-order valence-corrected chi connectivity index (χ0v) is 19.5. The topological polar surface area (TPSA) is 75.3 Å². The lowest BCUT2D eigenvalue weighted by Crippen LogP contribution is -2.47. The standard InChI is InChI=1S/C20H23Cl2FN2O3S2/c1-29-12-10-18(25-30(27,28)19-7-3-2-6-17(19)23)20(26)24-11-4-5-14-8-9-15(21)16(22)13-14/h2-3,6-9,13,18,25H,4-5,10-12H2,1H3,(H,24,26). The summed E-state index contributed by atoms with van der Waals surface area (Å²) in [7, 11) is -4.17. The Kier molecular flexibility index (Phi) is 9.90. The zero-order chi connectivity index (χ0) is 22.1. The van der Waals surface area contributed by atoms with Crippen molar-refractivity contribution in [2.24, 2.45) is 0 Å². The molecule has 0 aliphatic heterocycles. The summed E-state index contributed by atoms with van der Waals surface area (Å²) in [5.74, 6) is -0.741. The van der Waals surface area contributed by atoms with Crippen molar-refractivity contribution in [1.29, 1.82) is 0 Å². The predicted molar refractivity (Wildman–Crippen MR) is 121 cm³/mol. The second kappa shape index (κ2) is 11.9. The van der Waals surface area contributed by atoms with Gasteiger partial charge in [-0.1, -0.05) is 41.4 Å². The van der Waals surface area contributed by atoms with Crippen molar-refractivity contribution in [3.63, 3.8) is 0 Å². The predicted octanol–water partition coefficient (Wildman–Crippen LogP) is 4.28. The van der Waals surface area contributed by atoms with E-state index < -0.39 is 32.7 Å². The fraction of sp³-hybridized carbons (Fsp3) is 0.350. The number of rotatable bonds is 11. The molecule has 1 amide bonds. The van der Waals surface area contributed by atoms with Crippen LogP contribution in [0.2, 0.25) is 10.0 Å². The number of aryl methyl sites for hydroxylation is 1. The van der Waals surface area contributed by atoms with Gasteiger partial charge in [0.15, 0.2) is 0 Å². The molecule has 30 heavy (non-hydrogen) atoms. The summed E-state index contributed by atoms with van der Waals surface area (Å²) in [4.78, 5) is 12.1. The summed E-state index contributed by atoms with van der Waals surface area (Å²) >= 11 is 13.4. The molecule has 164 valence electrons. The van der Waals surface area contributed by atoms with Gasteiger partial charge in [-0.2, -0.15) is 16.5 Å². The summed E-state index contributed by atoms with van der Waals surface area (Å²) in [5.41, 5.74) is 0.984. The van der Waals surface area contributed by atoms with E-state index in [9.17, 15) is 17.6 Å². The van der Waals surface area contributed by atoms with Gasteiger partial charge in [0.2, 0.25) is 15.9 Å². The first-order valence-electron chi connectivity index (χ1n) is 9.22. The van der Waals surface area contributed by atoms with E-state index in [0.29, 0.717) is 35.2 Å². The maximum absolute atomic E-state index is 13.9. The van der Waals surface area contributed by atoms with Gasteiger partial charge < -0.3 is 5.32 Å². The zero-order valence-electron chi connectivity index (χ0n) is 16.3. The lowest BCUT2D eigenvalue weighted by atomic mass is 10.1. The van der Waals surface area contributed by atoms with Crippen LogP contribution in [0.4, 0.5) is 4.39 Å². The molecule has 0 fully saturated rings. The van der Waals surface area contributed by atoms with E-state index in [1.165, 1.54) is 30.0 Å². The summed E-state index contributed by atoms with van der Waals surface area (Å²) in [6, 6.07) is 9.42. The number of benzene rings is 2. The minimum Gasteiger partial charge on any atom is -0.355 e. The van der Waals surface area contributed by atoms with Crippen molar-refractivity contribution in [2.45, 2.75) is 30.2 Å². The molecule has 0 radical (unpaired) electrons. The van der Waals surface area contributed by atoms with Crippen LogP contribution in [-0.2, 0) is 21.2 Å². The third kappa shape index (κ3) is 7.42. The van der Waals surface area contributed by atoms with E-state index in [2.05, 4.69) is 10.0 Å². The smallest absolute Gasteiger partial charge is 0.244 e. The summed E-state index contributed by atoms with van der Waals surface area (Å²) in [5, 5.41) is 3.70. The third-order valence-electron chi connectivity index (χ3n) is 4.28. The fourth-order valence-corrected chi connectivity index (χ4v) is 4.82. The molecule has 2 N–H and O–H groups in total. The normalized spacial score (nSPS) is 12.5. The molecule has 1 atom stereocenters. The molecule has 1 unspecified atom stereocenters. The molecular weight excluding hydrogens is 470 g/mol. The maximum atomic E-state index is 13.9. The van der Waals surface area contributed by atoms with Gasteiger partial charge in [-0.05, 0) is 61.1 Å². The first kappa shape index (κ1) is 24.9. The molecule has 5 nitrogen and oxygen atoms in total. The molecule has 10 heteroatoms. The van der Waals surface area contributed by atoms with Crippen molar-refractivity contribution >= 4 is 50.9 Å². The van der Waals surface area contributed by atoms with Crippen molar-refractivity contribution in [3.05, 3.63) is 63.9 Å². The second-order valence-electron chi connectivity index (χ2n) is 6.53. The largest absolute Gasteiger partial charge is 0.355 e. The van der Waals surface area contributed by atoms with Crippen LogP contribution in [0.5, 0.6) is 0 Å². The monoisotopic (exact) mass is 492 g/mol. The van der Waals surface area contributed by atoms with E-state index in [1.54, 1.807) is 12.1 Å². The number of sulfonamides is 1. The number of hydrogen-bond acceptors (Lipinski definition) is 4. The molecule has 0 saturated heterocycles. The Morgan fingerprint density at radius 1 is 1.17 bits per heavy atom. The molecule has 0 aliphatic rings. The minimum absolute atomic E-state index is 0.285. The van der Waals surface area contributed by atoms with Gasteiger partial charge >= 0.3 is 0 Å². The van der Waals surface area contributed by atoms with Gasteiger partial charge in [-0.3, -0.25) is 4.79 Å². The van der Waals surface area contributed by atoms with Crippen molar-refractivity contribution in [2.75, 3.05) is 18.6 Å². The van der Waals surface area contributed by atoms with Crippen LogP contribution in [0.15, 0.2) is 47.4 Å². The van der Waals surface area contributed by atoms with Crippen LogP contribution in [0, 0.1) is 5.82 Å². The highest BCUT2D eigenvalue weighted by Gasteiger charge is 2.27. The van der Waals surface area contributed by atoms with Crippen LogP contribution >= 0.6 is 35.0 Å². The van der Waals surface area contributed by atoms with Crippen LogP contribution < -0.4 is 10.0 Å². The summed E-state index contributed by atoms with van der Waals surface area (Å²) in [6.07, 6.45) is 3.46. The van der Waals surface area contributed by atoms with E-state index >= 15 is 0 Å². The third-order valence-corrected chi connectivity index (χ3v) is 7.16. The van der Waals surface area contributed by atoms with E-state index in [-0.39, 0.29) is 6.42 Å². The minimum atomic E-state index is -4.17. The SMILES string of the molecule is CSCCC(NS(=O)(=O)c1ccccc1F)C(=O)NCCCc1ccc(Cl)c(Cl)c1. The lowest BCUT2D eigenvalue weighted by molar-refractivity contribution is -0.122. The number of carbonyl (C=O) groups excluding carboxylic acids is 1. The molecule has 0 bridgehead atoms. The molecule has 0 heterocycles. The Morgan fingerprint density at radius 2 is 1.90 bits per heavy atom. The Balaban J connectivity index is 1.95. The number of halogens is 3. The van der Waals surface area contributed by atoms with E-state index in [0.717, 1.165) is 11.6 Å². The van der Waals surface area contributed by atoms with Crippen LogP contribution in [0.3, 0.4) is 0 Å². The van der Waals surface area contributed by atoms with Gasteiger partial charge in [0.25, 0.3) is 0 Å². The van der Waals surface area contributed by atoms with Gasteiger partial charge in [0.05, 0.1) is 10.0 Å². The molecule has 2 aromatic rings. The first-order chi connectivity index (χ1) is 14.2. The van der Waals surface area contributed by atoms with Gasteiger partial charge in [-0.25, -0.2) is 12.8 Å². The van der Waals surface area contributed by atoms with Crippen LogP contribution in [0.1, 0.15) is 18.4 Å². The molecule has 0 aromatic heterocycles. The van der Waals surface area contributed by atoms with Crippen molar-refractivity contribution < 1.29 is 17.6 Å². The lowest BCUT2D eigenvalue weighted by Gasteiger charge is -2.18. The number of amides is 1. The van der Waals surface area contributed by atoms with E-state index in [4.69, 9.17) is 23.2 Å². The maximum Gasteiger partial charge on any atom is 0.244 e. The van der Waals surface area contributed by atoms with Gasteiger partial charge in [0, 0.05) is 6.54 Å². The highest BCUT2D eigenvalue weighted by molar-refractivity contribution is 7.98. The molecular formula is C20H23Cl2FN2O3S2. The number of carbonyl (C=O) groups is 1. The number of thioether (sulfide) groups is 1. The van der Waals surface area contributed by atoms with Gasteiger partial charge in [-0.15, -0.1) is 0 Å². The molecule has 2 aromatic carbocycles. The summed E-state index contributed by atoms with van der Waals surface area (Å²) in [6.45, 7) is 0.357. The highest BCUT2D eigenvalue weighted by Crippen LogP contribution is 2.23. The molecule has 0 spiro atoms. The van der Waals surface area contributed by atoms with Crippen LogP contribution in [0.25, 0.3) is 0 Å².